The van der Waals surface area contributed by atoms with Crippen molar-refractivity contribution < 1.29 is 4.79 Å². The lowest BCUT2D eigenvalue weighted by atomic mass is 10.2. The van der Waals surface area contributed by atoms with E-state index in [9.17, 15) is 4.79 Å². The van der Waals surface area contributed by atoms with Crippen LogP contribution in [0.25, 0.3) is 5.69 Å². The van der Waals surface area contributed by atoms with Gasteiger partial charge in [0.2, 0.25) is 5.91 Å². The molecule has 3 rings (SSSR count). The molecular formula is C19H26N6O. The van der Waals surface area contributed by atoms with Crippen LogP contribution in [-0.4, -0.2) is 64.2 Å². The summed E-state index contributed by atoms with van der Waals surface area (Å²) < 4.78 is 1.84. The van der Waals surface area contributed by atoms with Crippen molar-refractivity contribution in [3.63, 3.8) is 0 Å². The van der Waals surface area contributed by atoms with Crippen molar-refractivity contribution in [1.29, 1.82) is 0 Å². The quantitative estimate of drug-likeness (QED) is 0.668. The van der Waals surface area contributed by atoms with Crippen LogP contribution in [0.15, 0.2) is 47.7 Å². The molecule has 0 bridgehead atoms. The van der Waals surface area contributed by atoms with Gasteiger partial charge in [-0.1, -0.05) is 12.1 Å². The van der Waals surface area contributed by atoms with E-state index in [1.165, 1.54) is 0 Å². The number of amides is 1. The van der Waals surface area contributed by atoms with Gasteiger partial charge in [0.15, 0.2) is 5.96 Å². The molecule has 1 fully saturated rings. The molecule has 2 aromatic rings. The minimum atomic E-state index is 0.142. The van der Waals surface area contributed by atoms with Crippen molar-refractivity contribution in [1.82, 2.24) is 24.9 Å². The predicted molar refractivity (Wildman–Crippen MR) is 102 cm³/mol. The minimum Gasteiger partial charge on any atom is -0.357 e. The Morgan fingerprint density at radius 1 is 1.15 bits per heavy atom. The number of nitrogens with zero attached hydrogens (tertiary/aromatic N) is 5. The molecule has 0 radical (unpaired) electrons. The maximum Gasteiger partial charge on any atom is 0.219 e. The largest absolute Gasteiger partial charge is 0.357 e. The zero-order valence-electron chi connectivity index (χ0n) is 15.4. The second-order valence-corrected chi connectivity index (χ2v) is 6.28. The standard InChI is InChI=1S/C19H26N6O/c1-3-20-19(24-13-11-23(12-14-24)16(2)26)21-15-17-5-7-18(8-6-17)25-10-4-9-22-25/h4-10H,3,11-15H2,1-2H3,(H,20,21). The van der Waals surface area contributed by atoms with E-state index in [1.807, 2.05) is 21.8 Å². The maximum absolute atomic E-state index is 11.5. The van der Waals surface area contributed by atoms with Gasteiger partial charge in [0.25, 0.3) is 0 Å². The summed E-state index contributed by atoms with van der Waals surface area (Å²) in [6, 6.07) is 10.2. The molecule has 1 aliphatic rings. The smallest absolute Gasteiger partial charge is 0.219 e. The fourth-order valence-electron chi connectivity index (χ4n) is 3.00. The molecule has 26 heavy (non-hydrogen) atoms. The number of hydrogen-bond donors (Lipinski definition) is 1. The Kier molecular flexibility index (Phi) is 5.88. The molecule has 0 aliphatic carbocycles. The Morgan fingerprint density at radius 3 is 2.42 bits per heavy atom. The van der Waals surface area contributed by atoms with Gasteiger partial charge in [0, 0.05) is 52.0 Å². The van der Waals surface area contributed by atoms with Gasteiger partial charge in [-0.2, -0.15) is 5.10 Å². The number of guanidine groups is 1. The lowest BCUT2D eigenvalue weighted by Gasteiger charge is -2.36. The van der Waals surface area contributed by atoms with Gasteiger partial charge in [0.1, 0.15) is 0 Å². The van der Waals surface area contributed by atoms with Crippen molar-refractivity contribution in [3.05, 3.63) is 48.3 Å². The minimum absolute atomic E-state index is 0.142. The van der Waals surface area contributed by atoms with Gasteiger partial charge in [0.05, 0.1) is 12.2 Å². The Labute approximate surface area is 154 Å². The highest BCUT2D eigenvalue weighted by atomic mass is 16.2. The van der Waals surface area contributed by atoms with Crippen molar-refractivity contribution in [3.8, 4) is 5.69 Å². The monoisotopic (exact) mass is 354 g/mol. The lowest BCUT2D eigenvalue weighted by Crippen LogP contribution is -2.53. The first kappa shape index (κ1) is 18.0. The molecule has 0 atom stereocenters. The molecule has 1 aromatic carbocycles. The normalized spacial score (nSPS) is 15.2. The predicted octanol–water partition coefficient (Wildman–Crippen LogP) is 1.50. The first-order valence-electron chi connectivity index (χ1n) is 9.05. The van der Waals surface area contributed by atoms with Crippen LogP contribution in [0.3, 0.4) is 0 Å². The SMILES string of the molecule is CCNC(=NCc1ccc(-n2cccn2)cc1)N1CCN(C(C)=O)CC1. The third-order valence-electron chi connectivity index (χ3n) is 4.48. The van der Waals surface area contributed by atoms with Crippen LogP contribution in [-0.2, 0) is 11.3 Å². The maximum atomic E-state index is 11.5. The summed E-state index contributed by atoms with van der Waals surface area (Å²) in [5.41, 5.74) is 2.19. The molecule has 1 aliphatic heterocycles. The molecule has 1 amide bonds. The molecule has 2 heterocycles. The molecular weight excluding hydrogens is 328 g/mol. The molecule has 7 heteroatoms. The number of carbonyl (C=O) groups is 1. The van der Waals surface area contributed by atoms with Crippen molar-refractivity contribution >= 4 is 11.9 Å². The summed E-state index contributed by atoms with van der Waals surface area (Å²) >= 11 is 0. The van der Waals surface area contributed by atoms with Crippen molar-refractivity contribution in [2.45, 2.75) is 20.4 Å². The Morgan fingerprint density at radius 2 is 1.85 bits per heavy atom. The van der Waals surface area contributed by atoms with Gasteiger partial charge in [-0.05, 0) is 30.7 Å². The van der Waals surface area contributed by atoms with Crippen LogP contribution in [0.5, 0.6) is 0 Å². The number of benzene rings is 1. The first-order chi connectivity index (χ1) is 12.7. The molecule has 1 aromatic heterocycles. The van der Waals surface area contributed by atoms with Crippen LogP contribution < -0.4 is 5.32 Å². The van der Waals surface area contributed by atoms with Crippen molar-refractivity contribution in [2.75, 3.05) is 32.7 Å². The number of carbonyl (C=O) groups excluding carboxylic acids is 1. The highest BCUT2D eigenvalue weighted by Crippen LogP contribution is 2.10. The third-order valence-corrected chi connectivity index (χ3v) is 4.48. The fourth-order valence-corrected chi connectivity index (χ4v) is 3.00. The number of aliphatic imine (C=N–C) groups is 1. The van der Waals surface area contributed by atoms with Gasteiger partial charge in [-0.15, -0.1) is 0 Å². The van der Waals surface area contributed by atoms with Crippen LogP contribution in [0.1, 0.15) is 19.4 Å². The van der Waals surface area contributed by atoms with Crippen LogP contribution in [0.2, 0.25) is 0 Å². The van der Waals surface area contributed by atoms with Gasteiger partial charge in [-0.25, -0.2) is 9.67 Å². The van der Waals surface area contributed by atoms with E-state index >= 15 is 0 Å². The van der Waals surface area contributed by atoms with Crippen LogP contribution >= 0.6 is 0 Å². The highest BCUT2D eigenvalue weighted by Gasteiger charge is 2.20. The highest BCUT2D eigenvalue weighted by molar-refractivity contribution is 5.80. The molecule has 1 saturated heterocycles. The molecule has 0 unspecified atom stereocenters. The van der Waals surface area contributed by atoms with E-state index < -0.39 is 0 Å². The Hall–Kier alpha value is -2.83. The molecule has 138 valence electrons. The number of aromatic nitrogens is 2. The summed E-state index contributed by atoms with van der Waals surface area (Å²) in [6.07, 6.45) is 3.70. The second kappa shape index (κ2) is 8.51. The molecule has 1 N–H and O–H groups in total. The first-order valence-corrected chi connectivity index (χ1v) is 9.05. The van der Waals surface area contributed by atoms with E-state index in [0.717, 1.165) is 49.9 Å². The molecule has 0 spiro atoms. The van der Waals surface area contributed by atoms with E-state index in [2.05, 4.69) is 46.5 Å². The Bertz CT molecular complexity index is 730. The summed E-state index contributed by atoms with van der Waals surface area (Å²) in [6.45, 7) is 8.25. The molecule has 7 nitrogen and oxygen atoms in total. The van der Waals surface area contributed by atoms with E-state index in [4.69, 9.17) is 4.99 Å². The number of rotatable bonds is 4. The average molecular weight is 354 g/mol. The topological polar surface area (TPSA) is 65.8 Å². The zero-order chi connectivity index (χ0) is 18.4. The number of piperazine rings is 1. The van der Waals surface area contributed by atoms with Gasteiger partial charge in [-0.3, -0.25) is 4.79 Å². The summed E-state index contributed by atoms with van der Waals surface area (Å²) in [7, 11) is 0. The number of hydrogen-bond acceptors (Lipinski definition) is 3. The summed E-state index contributed by atoms with van der Waals surface area (Å²) in [5.74, 6) is 1.05. The summed E-state index contributed by atoms with van der Waals surface area (Å²) in [5, 5.41) is 7.60. The molecule has 0 saturated carbocycles. The fraction of sp³-hybridized carbons (Fsp3) is 0.421. The van der Waals surface area contributed by atoms with Crippen molar-refractivity contribution in [2.24, 2.45) is 4.99 Å². The van der Waals surface area contributed by atoms with Gasteiger partial charge < -0.3 is 15.1 Å². The average Bonchev–Trinajstić information content (AvgIpc) is 3.20. The summed E-state index contributed by atoms with van der Waals surface area (Å²) in [4.78, 5) is 20.4. The Balaban J connectivity index is 1.63. The lowest BCUT2D eigenvalue weighted by molar-refractivity contribution is -0.130. The van der Waals surface area contributed by atoms with Crippen LogP contribution in [0, 0.1) is 0 Å². The third kappa shape index (κ3) is 4.41. The van der Waals surface area contributed by atoms with E-state index in [0.29, 0.717) is 6.54 Å². The van der Waals surface area contributed by atoms with Gasteiger partial charge >= 0.3 is 0 Å². The zero-order valence-corrected chi connectivity index (χ0v) is 15.4. The van der Waals surface area contributed by atoms with Crippen LogP contribution in [0.4, 0.5) is 0 Å². The second-order valence-electron chi connectivity index (χ2n) is 6.28. The number of nitrogens with one attached hydrogen (secondary N) is 1. The van der Waals surface area contributed by atoms with E-state index in [-0.39, 0.29) is 5.91 Å². The van der Waals surface area contributed by atoms with E-state index in [1.54, 1.807) is 13.1 Å².